The molecule has 3 heterocycles. The van der Waals surface area contributed by atoms with Crippen LogP contribution in [0.5, 0.6) is 0 Å². The standard InChI is InChI=1S/C21H14O2S/c22-21-19-15-5-11-3-1-2-4-12(11)6-17(15)20(24-21)18-8-14-10-23-9-13(14)7-16(18)19/h1-10,19-22H. The fraction of sp³-hybridized carbons (Fsp3) is 0.143. The van der Waals surface area contributed by atoms with Crippen molar-refractivity contribution in [3.05, 3.63) is 83.3 Å². The summed E-state index contributed by atoms with van der Waals surface area (Å²) < 4.78 is 5.37. The van der Waals surface area contributed by atoms with Crippen molar-refractivity contribution in [1.29, 1.82) is 0 Å². The normalized spacial score (nSPS) is 24.3. The van der Waals surface area contributed by atoms with Gasteiger partial charge in [0.25, 0.3) is 0 Å². The van der Waals surface area contributed by atoms with Gasteiger partial charge in [-0.15, -0.1) is 11.8 Å². The minimum atomic E-state index is -0.388. The van der Waals surface area contributed by atoms with Gasteiger partial charge in [-0.3, -0.25) is 0 Å². The zero-order valence-corrected chi connectivity index (χ0v) is 13.6. The van der Waals surface area contributed by atoms with Crippen molar-refractivity contribution in [2.45, 2.75) is 16.6 Å². The number of aliphatic hydroxyl groups excluding tert-OH is 1. The predicted molar refractivity (Wildman–Crippen MR) is 97.4 cm³/mol. The number of aliphatic hydroxyl groups is 1. The topological polar surface area (TPSA) is 33.4 Å². The molecule has 0 fully saturated rings. The number of hydrogen-bond acceptors (Lipinski definition) is 3. The molecule has 0 amide bonds. The second kappa shape index (κ2) is 4.44. The van der Waals surface area contributed by atoms with Gasteiger partial charge in [-0.25, -0.2) is 0 Å². The molecule has 2 aliphatic heterocycles. The Morgan fingerprint density at radius 3 is 1.96 bits per heavy atom. The molecule has 1 aliphatic carbocycles. The Bertz CT molecular complexity index is 1130. The van der Waals surface area contributed by atoms with Crippen molar-refractivity contribution < 1.29 is 9.52 Å². The SMILES string of the molecule is OC1SC2c3cc4ccccc4cc3C1c1cc3cocc3cc12. The highest BCUT2D eigenvalue weighted by Gasteiger charge is 2.43. The van der Waals surface area contributed by atoms with Crippen LogP contribution in [0.4, 0.5) is 0 Å². The van der Waals surface area contributed by atoms with Crippen LogP contribution in [-0.2, 0) is 0 Å². The van der Waals surface area contributed by atoms with Gasteiger partial charge in [-0.05, 0) is 51.2 Å². The van der Waals surface area contributed by atoms with Gasteiger partial charge in [0, 0.05) is 16.7 Å². The molecule has 3 atom stereocenters. The first kappa shape index (κ1) is 13.1. The molecule has 0 radical (unpaired) electrons. The summed E-state index contributed by atoms with van der Waals surface area (Å²) in [5.74, 6) is 0.0360. The molecule has 0 spiro atoms. The smallest absolute Gasteiger partial charge is 0.111 e. The first-order chi connectivity index (χ1) is 11.8. The maximum atomic E-state index is 10.7. The molecule has 0 saturated heterocycles. The van der Waals surface area contributed by atoms with Crippen LogP contribution in [0, 0.1) is 0 Å². The average Bonchev–Trinajstić information content (AvgIpc) is 3.06. The lowest BCUT2D eigenvalue weighted by Crippen LogP contribution is -2.31. The average molecular weight is 330 g/mol. The minimum Gasteiger partial charge on any atom is -0.471 e. The number of furan rings is 1. The van der Waals surface area contributed by atoms with Crippen LogP contribution in [0.15, 0.2) is 65.5 Å². The third-order valence-corrected chi connectivity index (χ3v) is 6.76. The molecular weight excluding hydrogens is 316 g/mol. The fourth-order valence-electron chi connectivity index (χ4n) is 4.33. The molecule has 4 aromatic rings. The number of rotatable bonds is 0. The zero-order valence-electron chi connectivity index (χ0n) is 12.8. The highest BCUT2D eigenvalue weighted by Crippen LogP contribution is 2.59. The molecule has 3 unspecified atom stereocenters. The Kier molecular flexibility index (Phi) is 2.42. The van der Waals surface area contributed by atoms with Crippen LogP contribution in [0.3, 0.4) is 0 Å². The largest absolute Gasteiger partial charge is 0.471 e. The first-order valence-electron chi connectivity index (χ1n) is 8.15. The van der Waals surface area contributed by atoms with E-state index in [0.29, 0.717) is 0 Å². The predicted octanol–water partition coefficient (Wildman–Crippen LogP) is 5.19. The summed E-state index contributed by atoms with van der Waals surface area (Å²) in [4.78, 5) is 0. The van der Waals surface area contributed by atoms with Crippen LogP contribution in [0.1, 0.15) is 33.4 Å². The van der Waals surface area contributed by atoms with Crippen LogP contribution < -0.4 is 0 Å². The van der Waals surface area contributed by atoms with Crippen molar-refractivity contribution in [1.82, 2.24) is 0 Å². The van der Waals surface area contributed by atoms with E-state index in [2.05, 4.69) is 48.5 Å². The van der Waals surface area contributed by atoms with Crippen LogP contribution in [0.2, 0.25) is 0 Å². The third kappa shape index (κ3) is 1.56. The van der Waals surface area contributed by atoms with E-state index in [-0.39, 0.29) is 16.6 Å². The number of hydrogen-bond donors (Lipinski definition) is 1. The molecule has 2 nitrogen and oxygen atoms in total. The van der Waals surface area contributed by atoms with Crippen LogP contribution in [0.25, 0.3) is 21.5 Å². The second-order valence-corrected chi connectivity index (χ2v) is 7.92. The molecule has 3 aromatic carbocycles. The molecule has 0 saturated carbocycles. The lowest BCUT2D eigenvalue weighted by atomic mass is 9.76. The van der Waals surface area contributed by atoms with E-state index < -0.39 is 0 Å². The van der Waals surface area contributed by atoms with Crippen LogP contribution in [-0.4, -0.2) is 10.5 Å². The maximum absolute atomic E-state index is 10.7. The Morgan fingerprint density at radius 1 is 0.750 bits per heavy atom. The van der Waals surface area contributed by atoms with Crippen molar-refractivity contribution in [2.24, 2.45) is 0 Å². The van der Waals surface area contributed by atoms with Crippen molar-refractivity contribution in [3.8, 4) is 0 Å². The Labute approximate surface area is 143 Å². The van der Waals surface area contributed by atoms with Crippen LogP contribution >= 0.6 is 11.8 Å². The maximum Gasteiger partial charge on any atom is 0.111 e. The number of benzene rings is 3. The van der Waals surface area contributed by atoms with Gasteiger partial charge < -0.3 is 9.52 Å². The van der Waals surface area contributed by atoms with Gasteiger partial charge in [0.2, 0.25) is 0 Å². The highest BCUT2D eigenvalue weighted by atomic mass is 32.2. The van der Waals surface area contributed by atoms with E-state index in [1.54, 1.807) is 24.3 Å². The van der Waals surface area contributed by atoms with Crippen molar-refractivity contribution in [2.75, 3.05) is 0 Å². The lowest BCUT2D eigenvalue weighted by molar-refractivity contribution is 0.238. The quantitative estimate of drug-likeness (QED) is 0.482. The molecule has 2 bridgehead atoms. The Morgan fingerprint density at radius 2 is 1.29 bits per heavy atom. The summed E-state index contributed by atoms with van der Waals surface area (Å²) in [7, 11) is 0. The van der Waals surface area contributed by atoms with E-state index in [0.717, 1.165) is 10.8 Å². The monoisotopic (exact) mass is 330 g/mol. The van der Waals surface area contributed by atoms with Gasteiger partial charge in [0.05, 0.1) is 17.8 Å². The van der Waals surface area contributed by atoms with Crippen molar-refractivity contribution in [3.63, 3.8) is 0 Å². The summed E-state index contributed by atoms with van der Waals surface area (Å²) in [5, 5.41) is 15.7. The molecule has 1 aromatic heterocycles. The zero-order chi connectivity index (χ0) is 15.8. The first-order valence-corrected chi connectivity index (χ1v) is 9.10. The fourth-order valence-corrected chi connectivity index (χ4v) is 5.76. The molecule has 24 heavy (non-hydrogen) atoms. The molecule has 3 aliphatic rings. The van der Waals surface area contributed by atoms with Gasteiger partial charge in [0.1, 0.15) is 5.44 Å². The number of thioether (sulfide) groups is 1. The molecular formula is C21H14O2S. The van der Waals surface area contributed by atoms with Gasteiger partial charge in [-0.2, -0.15) is 0 Å². The minimum absolute atomic E-state index is 0.0360. The molecule has 7 rings (SSSR count). The Balaban J connectivity index is 1.70. The van der Waals surface area contributed by atoms with E-state index in [9.17, 15) is 5.11 Å². The molecule has 116 valence electrons. The summed E-state index contributed by atoms with van der Waals surface area (Å²) in [6.07, 6.45) is 3.60. The van der Waals surface area contributed by atoms with Gasteiger partial charge >= 0.3 is 0 Å². The summed E-state index contributed by atoms with van der Waals surface area (Å²) in [6.45, 7) is 0. The summed E-state index contributed by atoms with van der Waals surface area (Å²) in [5.41, 5.74) is 4.82. The Hall–Kier alpha value is -2.23. The van der Waals surface area contributed by atoms with Gasteiger partial charge in [0.15, 0.2) is 0 Å². The third-order valence-electron chi connectivity index (χ3n) is 5.43. The van der Waals surface area contributed by atoms with E-state index >= 15 is 0 Å². The van der Waals surface area contributed by atoms with Crippen molar-refractivity contribution >= 4 is 33.3 Å². The number of fused-ring (bicyclic) bond motifs is 3. The summed E-state index contributed by atoms with van der Waals surface area (Å²) in [6, 6.07) is 17.5. The van der Waals surface area contributed by atoms with E-state index in [1.807, 2.05) is 0 Å². The lowest BCUT2D eigenvalue weighted by Gasteiger charge is -2.43. The second-order valence-electron chi connectivity index (χ2n) is 6.69. The van der Waals surface area contributed by atoms with E-state index in [4.69, 9.17) is 4.42 Å². The summed E-state index contributed by atoms with van der Waals surface area (Å²) >= 11 is 1.67. The molecule has 3 heteroatoms. The van der Waals surface area contributed by atoms with E-state index in [1.165, 1.54) is 33.0 Å². The molecule has 1 N–H and O–H groups in total. The van der Waals surface area contributed by atoms with Gasteiger partial charge in [-0.1, -0.05) is 30.3 Å². The highest BCUT2D eigenvalue weighted by molar-refractivity contribution is 8.00.